The van der Waals surface area contributed by atoms with E-state index in [1.54, 1.807) is 18.5 Å². The van der Waals surface area contributed by atoms with E-state index < -0.39 is 10.0 Å². The molecule has 0 amide bonds. The van der Waals surface area contributed by atoms with Crippen molar-refractivity contribution in [1.82, 2.24) is 14.5 Å². The fraction of sp³-hybridized carbons (Fsp3) is 0.471. The van der Waals surface area contributed by atoms with Gasteiger partial charge in [-0.15, -0.1) is 0 Å². The van der Waals surface area contributed by atoms with E-state index in [9.17, 15) is 8.42 Å². The van der Waals surface area contributed by atoms with Gasteiger partial charge >= 0.3 is 0 Å². The van der Waals surface area contributed by atoms with Crippen LogP contribution in [0, 0.1) is 20.8 Å². The highest BCUT2D eigenvalue weighted by atomic mass is 32.2. The highest BCUT2D eigenvalue weighted by Gasteiger charge is 2.26. The summed E-state index contributed by atoms with van der Waals surface area (Å²) in [6.07, 6.45) is 1.84. The van der Waals surface area contributed by atoms with Gasteiger partial charge in [-0.1, -0.05) is 17.7 Å². The average Bonchev–Trinajstić information content (AvgIpc) is 3.14. The number of aryl methyl sites for hydroxylation is 2. The lowest BCUT2D eigenvalue weighted by Crippen LogP contribution is -2.32. The molecular weight excluding hydrogens is 326 g/mol. The van der Waals surface area contributed by atoms with Crippen LogP contribution in [0.4, 0.5) is 0 Å². The third-order valence-electron chi connectivity index (χ3n) is 4.30. The van der Waals surface area contributed by atoms with E-state index in [2.05, 4.69) is 9.82 Å². The first kappa shape index (κ1) is 17.1. The second-order valence-corrected chi connectivity index (χ2v) is 7.94. The van der Waals surface area contributed by atoms with E-state index >= 15 is 0 Å². The normalized spacial score (nSPS) is 18.2. The molecule has 6 nitrogen and oxygen atoms in total. The first-order valence-electron chi connectivity index (χ1n) is 8.13. The van der Waals surface area contributed by atoms with Crippen molar-refractivity contribution in [2.24, 2.45) is 0 Å². The molecule has 1 aliphatic rings. The maximum atomic E-state index is 12.7. The van der Waals surface area contributed by atoms with Gasteiger partial charge in [0.25, 0.3) is 0 Å². The van der Waals surface area contributed by atoms with Gasteiger partial charge in [0.15, 0.2) is 0 Å². The van der Waals surface area contributed by atoms with Gasteiger partial charge in [0.2, 0.25) is 10.0 Å². The first-order valence-corrected chi connectivity index (χ1v) is 9.61. The minimum Gasteiger partial charge on any atom is -0.377 e. The Hall–Kier alpha value is -1.70. The van der Waals surface area contributed by atoms with Crippen LogP contribution >= 0.6 is 0 Å². The van der Waals surface area contributed by atoms with Crippen molar-refractivity contribution in [1.29, 1.82) is 0 Å². The molecule has 3 rings (SSSR count). The maximum absolute atomic E-state index is 12.7. The van der Waals surface area contributed by atoms with Crippen LogP contribution in [0.5, 0.6) is 0 Å². The molecule has 1 fully saturated rings. The molecule has 24 heavy (non-hydrogen) atoms. The zero-order valence-electron chi connectivity index (χ0n) is 14.2. The highest BCUT2D eigenvalue weighted by molar-refractivity contribution is 7.89. The van der Waals surface area contributed by atoms with Crippen LogP contribution in [-0.2, 0) is 14.8 Å². The third-order valence-corrected chi connectivity index (χ3v) is 5.97. The molecule has 1 N–H and O–H groups in total. The Morgan fingerprint density at radius 1 is 1.25 bits per heavy atom. The molecule has 7 heteroatoms. The average molecular weight is 349 g/mol. The predicted molar refractivity (Wildman–Crippen MR) is 91.9 cm³/mol. The van der Waals surface area contributed by atoms with Gasteiger partial charge < -0.3 is 4.74 Å². The number of hydrogen-bond donors (Lipinski definition) is 1. The molecule has 0 spiro atoms. The highest BCUT2D eigenvalue weighted by Crippen LogP contribution is 2.23. The number of hydrogen-bond acceptors (Lipinski definition) is 4. The molecule has 1 saturated heterocycles. The predicted octanol–water partition coefficient (Wildman–Crippen LogP) is 2.25. The Morgan fingerprint density at radius 3 is 2.58 bits per heavy atom. The number of sulfonamides is 1. The smallest absolute Gasteiger partial charge is 0.244 e. The van der Waals surface area contributed by atoms with Crippen molar-refractivity contribution in [3.63, 3.8) is 0 Å². The molecule has 130 valence electrons. The van der Waals surface area contributed by atoms with Gasteiger partial charge in [-0.05, 0) is 45.7 Å². The SMILES string of the molecule is Cc1ccc(-n2nc(C)c(S(=O)(=O)NCC3CCCO3)c2C)cc1. The zero-order valence-corrected chi connectivity index (χ0v) is 15.1. The van der Waals surface area contributed by atoms with Crippen LogP contribution in [0.2, 0.25) is 0 Å². The summed E-state index contributed by atoms with van der Waals surface area (Å²) >= 11 is 0. The summed E-state index contributed by atoms with van der Waals surface area (Å²) < 4.78 is 35.2. The molecule has 1 atom stereocenters. The van der Waals surface area contributed by atoms with E-state index in [4.69, 9.17) is 4.74 Å². The lowest BCUT2D eigenvalue weighted by Gasteiger charge is -2.12. The van der Waals surface area contributed by atoms with Crippen LogP contribution in [-0.4, -0.2) is 37.5 Å². The second kappa shape index (κ2) is 6.66. The molecule has 1 aliphatic heterocycles. The lowest BCUT2D eigenvalue weighted by atomic mass is 10.2. The summed E-state index contributed by atoms with van der Waals surface area (Å²) in [6, 6.07) is 7.83. The van der Waals surface area contributed by atoms with Gasteiger partial charge in [-0.2, -0.15) is 5.10 Å². The van der Waals surface area contributed by atoms with Crippen molar-refractivity contribution in [3.8, 4) is 5.69 Å². The van der Waals surface area contributed by atoms with E-state index in [-0.39, 0.29) is 11.0 Å². The Labute approximate surface area is 142 Å². The fourth-order valence-corrected chi connectivity index (χ4v) is 4.49. The number of benzene rings is 1. The van der Waals surface area contributed by atoms with E-state index in [1.165, 1.54) is 0 Å². The Morgan fingerprint density at radius 2 is 1.96 bits per heavy atom. The monoisotopic (exact) mass is 349 g/mol. The van der Waals surface area contributed by atoms with Gasteiger partial charge in [-0.25, -0.2) is 17.8 Å². The van der Waals surface area contributed by atoms with Crippen LogP contribution < -0.4 is 4.72 Å². The van der Waals surface area contributed by atoms with E-state index in [1.807, 2.05) is 31.2 Å². The standard InChI is InChI=1S/C17H23N3O3S/c1-12-6-8-15(9-7-12)20-14(3)17(13(2)19-20)24(21,22)18-11-16-5-4-10-23-16/h6-9,16,18H,4-5,10-11H2,1-3H3. The number of rotatable bonds is 5. The minimum absolute atomic E-state index is 0.0347. The summed E-state index contributed by atoms with van der Waals surface area (Å²) in [5, 5.41) is 4.42. The van der Waals surface area contributed by atoms with Crippen molar-refractivity contribution >= 4 is 10.0 Å². The first-order chi connectivity index (χ1) is 11.4. The lowest BCUT2D eigenvalue weighted by molar-refractivity contribution is 0.114. The number of nitrogens with one attached hydrogen (secondary N) is 1. The Bertz CT molecular complexity index is 820. The molecule has 1 unspecified atom stereocenters. The molecule has 1 aromatic heterocycles. The Kier molecular flexibility index (Phi) is 4.76. The van der Waals surface area contributed by atoms with E-state index in [0.29, 0.717) is 24.5 Å². The minimum atomic E-state index is -3.62. The summed E-state index contributed by atoms with van der Waals surface area (Å²) in [4.78, 5) is 0.251. The summed E-state index contributed by atoms with van der Waals surface area (Å²) in [6.45, 7) is 6.52. The Balaban J connectivity index is 1.88. The van der Waals surface area contributed by atoms with Crippen molar-refractivity contribution in [3.05, 3.63) is 41.2 Å². The molecular formula is C17H23N3O3S. The van der Waals surface area contributed by atoms with Crippen LogP contribution in [0.15, 0.2) is 29.2 Å². The van der Waals surface area contributed by atoms with Crippen LogP contribution in [0.3, 0.4) is 0 Å². The summed E-state index contributed by atoms with van der Waals surface area (Å²) in [5.41, 5.74) is 3.09. The van der Waals surface area contributed by atoms with Gasteiger partial charge in [0.05, 0.1) is 23.2 Å². The molecule has 0 aliphatic carbocycles. The summed E-state index contributed by atoms with van der Waals surface area (Å²) in [7, 11) is -3.62. The number of ether oxygens (including phenoxy) is 1. The van der Waals surface area contributed by atoms with E-state index in [0.717, 1.165) is 24.1 Å². The quantitative estimate of drug-likeness (QED) is 0.898. The molecule has 2 aromatic rings. The van der Waals surface area contributed by atoms with Crippen molar-refractivity contribution < 1.29 is 13.2 Å². The largest absolute Gasteiger partial charge is 0.377 e. The molecule has 0 radical (unpaired) electrons. The third kappa shape index (κ3) is 3.38. The van der Waals surface area contributed by atoms with Gasteiger partial charge in [0, 0.05) is 13.2 Å². The van der Waals surface area contributed by atoms with Crippen molar-refractivity contribution in [2.75, 3.05) is 13.2 Å². The van der Waals surface area contributed by atoms with Gasteiger partial charge in [-0.3, -0.25) is 0 Å². The maximum Gasteiger partial charge on any atom is 0.244 e. The molecule has 2 heterocycles. The van der Waals surface area contributed by atoms with Crippen LogP contribution in [0.25, 0.3) is 5.69 Å². The van der Waals surface area contributed by atoms with Crippen molar-refractivity contribution in [2.45, 2.75) is 44.6 Å². The zero-order chi connectivity index (χ0) is 17.3. The molecule has 1 aromatic carbocycles. The van der Waals surface area contributed by atoms with Gasteiger partial charge in [0.1, 0.15) is 4.90 Å². The summed E-state index contributed by atoms with van der Waals surface area (Å²) in [5.74, 6) is 0. The fourth-order valence-electron chi connectivity index (χ4n) is 3.03. The molecule has 0 bridgehead atoms. The number of aromatic nitrogens is 2. The number of nitrogens with zero attached hydrogens (tertiary/aromatic N) is 2. The second-order valence-electron chi connectivity index (χ2n) is 6.23. The molecule has 0 saturated carbocycles. The topological polar surface area (TPSA) is 73.2 Å². The van der Waals surface area contributed by atoms with Crippen LogP contribution in [0.1, 0.15) is 29.8 Å².